The summed E-state index contributed by atoms with van der Waals surface area (Å²) >= 11 is 0. The molecule has 192 valence electrons. The quantitative estimate of drug-likeness (QED) is 0.505. The van der Waals surface area contributed by atoms with E-state index in [9.17, 15) is 14.7 Å². The Labute approximate surface area is 216 Å². The van der Waals surface area contributed by atoms with E-state index in [0.29, 0.717) is 17.1 Å². The van der Waals surface area contributed by atoms with E-state index in [0.717, 1.165) is 31.2 Å². The van der Waals surface area contributed by atoms with Gasteiger partial charge in [0.2, 0.25) is 12.0 Å². The number of hydrogen-bond donors (Lipinski definition) is 2. The van der Waals surface area contributed by atoms with Gasteiger partial charge in [-0.2, -0.15) is 0 Å². The van der Waals surface area contributed by atoms with Crippen molar-refractivity contribution in [1.82, 2.24) is 15.2 Å². The van der Waals surface area contributed by atoms with Gasteiger partial charge < -0.3 is 24.8 Å². The zero-order valence-corrected chi connectivity index (χ0v) is 20.6. The number of phenolic OH excluding ortho intramolecular Hbond substituents is 1. The van der Waals surface area contributed by atoms with Crippen LogP contribution in [0.3, 0.4) is 0 Å². The van der Waals surface area contributed by atoms with E-state index < -0.39 is 12.1 Å². The molecule has 2 atom stereocenters. The maximum atomic E-state index is 14.1. The molecule has 3 aromatic rings. The molecule has 5 rings (SSSR count). The van der Waals surface area contributed by atoms with E-state index in [1.165, 1.54) is 23.5 Å². The Bertz CT molecular complexity index is 1210. The molecule has 1 aromatic heterocycles. The van der Waals surface area contributed by atoms with Crippen LogP contribution in [0.2, 0.25) is 0 Å². The summed E-state index contributed by atoms with van der Waals surface area (Å²) in [5, 5.41) is 13.1. The number of nitrogens with zero attached hydrogens (tertiary/aromatic N) is 2. The fourth-order valence-electron chi connectivity index (χ4n) is 4.97. The molecule has 1 aliphatic carbocycles. The molecule has 2 amide bonds. The first-order valence-corrected chi connectivity index (χ1v) is 12.8. The molecule has 8 nitrogen and oxygen atoms in total. The minimum absolute atomic E-state index is 0.0337. The average molecular weight is 502 g/mol. The largest absolute Gasteiger partial charge is 0.508 e. The van der Waals surface area contributed by atoms with Crippen molar-refractivity contribution in [3.8, 4) is 17.2 Å². The molecule has 1 fully saturated rings. The van der Waals surface area contributed by atoms with Crippen molar-refractivity contribution >= 4 is 11.8 Å². The third kappa shape index (κ3) is 5.85. The number of rotatable bonds is 7. The number of carbonyl (C=O) groups is 2. The zero-order chi connectivity index (χ0) is 25.6. The van der Waals surface area contributed by atoms with Crippen LogP contribution in [0.25, 0.3) is 0 Å². The summed E-state index contributed by atoms with van der Waals surface area (Å²) in [6.07, 6.45) is 7.56. The number of benzene rings is 2. The summed E-state index contributed by atoms with van der Waals surface area (Å²) in [7, 11) is 0. The maximum Gasteiger partial charge on any atom is 0.268 e. The number of aromatic hydroxyl groups is 1. The lowest BCUT2D eigenvalue weighted by molar-refractivity contribution is -0.149. The number of pyridine rings is 1. The van der Waals surface area contributed by atoms with Gasteiger partial charge >= 0.3 is 0 Å². The van der Waals surface area contributed by atoms with E-state index in [1.54, 1.807) is 42.7 Å². The zero-order valence-electron chi connectivity index (χ0n) is 20.6. The van der Waals surface area contributed by atoms with Crippen LogP contribution in [-0.4, -0.2) is 45.6 Å². The first kappa shape index (κ1) is 24.6. The summed E-state index contributed by atoms with van der Waals surface area (Å²) < 4.78 is 11.9. The van der Waals surface area contributed by atoms with E-state index in [2.05, 4.69) is 10.3 Å². The van der Waals surface area contributed by atoms with Crippen LogP contribution in [0, 0.1) is 0 Å². The molecule has 2 aromatic carbocycles. The van der Waals surface area contributed by atoms with Gasteiger partial charge in [0.1, 0.15) is 18.4 Å². The number of phenols is 1. The standard InChI is InChI=1S/C29H31N3O5/c33-23-14-12-21(13-15-23)27(28(34)31-22-8-2-1-3-9-22)32(18-20-7-6-16-30-17-20)29(35)26-19-36-24-10-4-5-11-25(24)37-26/h4-7,10-17,22,26-27,33H,1-3,8-9,18-19H2,(H,31,34)/t26-,27-/m1/s1. The van der Waals surface area contributed by atoms with Crippen LogP contribution in [0.4, 0.5) is 0 Å². The van der Waals surface area contributed by atoms with Gasteiger partial charge in [-0.1, -0.05) is 49.6 Å². The molecule has 8 heteroatoms. The summed E-state index contributed by atoms with van der Waals surface area (Å²) in [6.45, 7) is 0.184. The van der Waals surface area contributed by atoms with E-state index in [1.807, 2.05) is 18.2 Å². The van der Waals surface area contributed by atoms with Crippen LogP contribution in [0.5, 0.6) is 17.2 Å². The molecule has 1 saturated carbocycles. The van der Waals surface area contributed by atoms with Gasteiger partial charge in [-0.15, -0.1) is 0 Å². The Morgan fingerprint density at radius 3 is 2.49 bits per heavy atom. The van der Waals surface area contributed by atoms with Crippen LogP contribution in [0.15, 0.2) is 73.1 Å². The van der Waals surface area contributed by atoms with Crippen molar-refractivity contribution in [3.05, 3.63) is 84.2 Å². The Balaban J connectivity index is 1.49. The number of aromatic nitrogens is 1. The van der Waals surface area contributed by atoms with Gasteiger partial charge in [-0.3, -0.25) is 14.6 Å². The first-order valence-electron chi connectivity index (χ1n) is 12.8. The predicted octanol–water partition coefficient (Wildman–Crippen LogP) is 4.15. The lowest BCUT2D eigenvalue weighted by atomic mass is 9.94. The number of carbonyl (C=O) groups excluding carboxylic acids is 2. The van der Waals surface area contributed by atoms with Crippen molar-refractivity contribution in [3.63, 3.8) is 0 Å². The minimum Gasteiger partial charge on any atom is -0.508 e. The number of nitrogens with one attached hydrogen (secondary N) is 1. The van der Waals surface area contributed by atoms with Gasteiger partial charge in [0.15, 0.2) is 11.5 Å². The summed E-state index contributed by atoms with van der Waals surface area (Å²) in [5.74, 6) is 0.528. The van der Waals surface area contributed by atoms with Crippen molar-refractivity contribution < 1.29 is 24.2 Å². The molecule has 2 aliphatic rings. The van der Waals surface area contributed by atoms with Crippen molar-refractivity contribution in [2.24, 2.45) is 0 Å². The summed E-state index contributed by atoms with van der Waals surface area (Å²) in [6, 6.07) is 16.4. The summed E-state index contributed by atoms with van der Waals surface area (Å²) in [5.41, 5.74) is 1.38. The predicted molar refractivity (Wildman–Crippen MR) is 137 cm³/mol. The average Bonchev–Trinajstić information content (AvgIpc) is 2.94. The second-order valence-electron chi connectivity index (χ2n) is 9.53. The molecule has 0 bridgehead atoms. The number of ether oxygens (including phenoxy) is 2. The fourth-order valence-corrected chi connectivity index (χ4v) is 4.97. The molecule has 0 spiro atoms. The monoisotopic (exact) mass is 501 g/mol. The minimum atomic E-state index is -0.934. The lowest BCUT2D eigenvalue weighted by Crippen LogP contribution is -2.52. The number of para-hydroxylation sites is 2. The normalized spacial score (nSPS) is 18.0. The van der Waals surface area contributed by atoms with Gasteiger partial charge in [-0.05, 0) is 54.3 Å². The van der Waals surface area contributed by atoms with Crippen LogP contribution >= 0.6 is 0 Å². The fraction of sp³-hybridized carbons (Fsp3) is 0.345. The van der Waals surface area contributed by atoms with Gasteiger partial charge in [0.25, 0.3) is 5.91 Å². The molecule has 2 N–H and O–H groups in total. The highest BCUT2D eigenvalue weighted by Crippen LogP contribution is 2.33. The molecular formula is C29H31N3O5. The first-order chi connectivity index (χ1) is 18.1. The summed E-state index contributed by atoms with van der Waals surface area (Å²) in [4.78, 5) is 33.6. The van der Waals surface area contributed by atoms with Crippen LogP contribution in [-0.2, 0) is 16.1 Å². The Hall–Kier alpha value is -4.07. The third-order valence-corrected chi connectivity index (χ3v) is 6.86. The molecule has 0 unspecified atom stereocenters. The smallest absolute Gasteiger partial charge is 0.268 e. The number of amides is 2. The highest BCUT2D eigenvalue weighted by atomic mass is 16.6. The van der Waals surface area contributed by atoms with Gasteiger partial charge in [0, 0.05) is 25.0 Å². The topological polar surface area (TPSA) is 101 Å². The van der Waals surface area contributed by atoms with Crippen molar-refractivity contribution in [2.75, 3.05) is 6.61 Å². The third-order valence-electron chi connectivity index (χ3n) is 6.86. The number of fused-ring (bicyclic) bond motifs is 1. The molecule has 2 heterocycles. The van der Waals surface area contributed by atoms with Crippen molar-refractivity contribution in [1.29, 1.82) is 0 Å². The molecule has 0 saturated heterocycles. The maximum absolute atomic E-state index is 14.1. The van der Waals surface area contributed by atoms with Crippen LogP contribution < -0.4 is 14.8 Å². The highest BCUT2D eigenvalue weighted by molar-refractivity contribution is 5.91. The SMILES string of the molecule is O=C(NC1CCCCC1)[C@@H](c1ccc(O)cc1)N(Cc1cccnc1)C(=O)[C@H]1COc2ccccc2O1. The van der Waals surface area contributed by atoms with E-state index >= 15 is 0 Å². The molecule has 37 heavy (non-hydrogen) atoms. The number of hydrogen-bond acceptors (Lipinski definition) is 6. The van der Waals surface area contributed by atoms with Crippen molar-refractivity contribution in [2.45, 2.75) is 56.8 Å². The van der Waals surface area contributed by atoms with Gasteiger partial charge in [0.05, 0.1) is 0 Å². The van der Waals surface area contributed by atoms with E-state index in [4.69, 9.17) is 9.47 Å². The Morgan fingerprint density at radius 1 is 1.00 bits per heavy atom. The Kier molecular flexibility index (Phi) is 7.54. The van der Waals surface area contributed by atoms with Gasteiger partial charge in [-0.25, -0.2) is 0 Å². The second-order valence-corrected chi connectivity index (χ2v) is 9.53. The lowest BCUT2D eigenvalue weighted by Gasteiger charge is -2.36. The Morgan fingerprint density at radius 2 is 1.76 bits per heavy atom. The highest BCUT2D eigenvalue weighted by Gasteiger charge is 2.38. The van der Waals surface area contributed by atoms with Crippen LogP contribution in [0.1, 0.15) is 49.3 Å². The molecular weight excluding hydrogens is 470 g/mol. The molecule has 0 radical (unpaired) electrons. The van der Waals surface area contributed by atoms with E-state index in [-0.39, 0.29) is 36.8 Å². The second kappa shape index (κ2) is 11.3. The molecule has 1 aliphatic heterocycles.